The topological polar surface area (TPSA) is 72.9 Å². The molecule has 0 bridgehead atoms. The van der Waals surface area contributed by atoms with Crippen LogP contribution in [0.4, 0.5) is 11.4 Å². The van der Waals surface area contributed by atoms with Gasteiger partial charge in [0, 0.05) is 15.5 Å². The van der Waals surface area contributed by atoms with Crippen molar-refractivity contribution in [2.24, 2.45) is 0 Å². The van der Waals surface area contributed by atoms with Crippen molar-refractivity contribution in [1.82, 2.24) is 9.78 Å². The van der Waals surface area contributed by atoms with Crippen molar-refractivity contribution >= 4 is 44.1 Å². The second kappa shape index (κ2) is 5.57. The lowest BCUT2D eigenvalue weighted by Gasteiger charge is -2.08. The van der Waals surface area contributed by atoms with E-state index in [0.29, 0.717) is 5.69 Å². The summed E-state index contributed by atoms with van der Waals surface area (Å²) in [7, 11) is 0. The van der Waals surface area contributed by atoms with Crippen LogP contribution < -0.4 is 11.1 Å². The number of rotatable bonds is 3. The Morgan fingerprint density at radius 1 is 1.29 bits per heavy atom. The van der Waals surface area contributed by atoms with Crippen molar-refractivity contribution in [1.29, 1.82) is 0 Å². The number of halogens is 1. The molecule has 106 valence electrons. The third-order valence-electron chi connectivity index (χ3n) is 3.11. The molecule has 6 heteroatoms. The molecule has 0 aliphatic heterocycles. The molecule has 0 aliphatic rings. The first-order valence-corrected chi connectivity index (χ1v) is 7.18. The lowest BCUT2D eigenvalue weighted by atomic mass is 10.2. The van der Waals surface area contributed by atoms with E-state index in [1.165, 1.54) is 0 Å². The molecule has 0 saturated carbocycles. The summed E-state index contributed by atoms with van der Waals surface area (Å²) in [5.41, 5.74) is 8.01. The highest BCUT2D eigenvalue weighted by Gasteiger charge is 2.09. The van der Waals surface area contributed by atoms with Crippen LogP contribution in [0.3, 0.4) is 0 Å². The average molecular weight is 345 g/mol. The molecule has 3 aromatic rings. The summed E-state index contributed by atoms with van der Waals surface area (Å²) in [6, 6.07) is 13.0. The Labute approximate surface area is 129 Å². The fourth-order valence-corrected chi connectivity index (χ4v) is 2.49. The van der Waals surface area contributed by atoms with E-state index in [0.717, 1.165) is 21.1 Å². The third-order valence-corrected chi connectivity index (χ3v) is 3.80. The predicted octanol–water partition coefficient (Wildman–Crippen LogP) is 3.02. The van der Waals surface area contributed by atoms with Gasteiger partial charge in [-0.1, -0.05) is 12.1 Å². The molecule has 0 fully saturated rings. The van der Waals surface area contributed by atoms with Crippen LogP contribution in [0.2, 0.25) is 0 Å². The number of nitrogens with one attached hydrogen (secondary N) is 1. The number of para-hydroxylation sites is 1. The number of anilines is 2. The first kappa shape index (κ1) is 13.6. The molecule has 2 aromatic carbocycles. The Bertz CT molecular complexity index is 812. The lowest BCUT2D eigenvalue weighted by molar-refractivity contribution is -0.116. The van der Waals surface area contributed by atoms with E-state index in [4.69, 9.17) is 5.73 Å². The second-order valence-electron chi connectivity index (χ2n) is 4.65. The molecule has 3 rings (SSSR count). The van der Waals surface area contributed by atoms with Crippen molar-refractivity contribution in [3.05, 3.63) is 53.1 Å². The second-order valence-corrected chi connectivity index (χ2v) is 5.50. The van der Waals surface area contributed by atoms with Crippen LogP contribution in [0.15, 0.2) is 53.1 Å². The Kier molecular flexibility index (Phi) is 3.62. The number of carbonyl (C=O) groups excluding carboxylic acids is 1. The van der Waals surface area contributed by atoms with Gasteiger partial charge in [-0.2, -0.15) is 5.10 Å². The summed E-state index contributed by atoms with van der Waals surface area (Å²) >= 11 is 3.40. The Morgan fingerprint density at radius 3 is 2.90 bits per heavy atom. The molecule has 1 amide bonds. The molecule has 1 aromatic heterocycles. The first-order chi connectivity index (χ1) is 10.1. The summed E-state index contributed by atoms with van der Waals surface area (Å²) in [5, 5.41) is 8.04. The molecule has 0 radical (unpaired) electrons. The Hall–Kier alpha value is -2.34. The largest absolute Gasteiger partial charge is 0.399 e. The molecule has 5 nitrogen and oxygen atoms in total. The number of nitrogen functional groups attached to an aromatic ring is 1. The van der Waals surface area contributed by atoms with Gasteiger partial charge in [0.15, 0.2) is 0 Å². The summed E-state index contributed by atoms with van der Waals surface area (Å²) in [4.78, 5) is 12.1. The fourth-order valence-electron chi connectivity index (χ4n) is 2.10. The minimum Gasteiger partial charge on any atom is -0.399 e. The van der Waals surface area contributed by atoms with Gasteiger partial charge in [0.1, 0.15) is 6.54 Å². The number of carbonyl (C=O) groups is 1. The standard InChI is InChI=1S/C15H13BrN4O/c16-12-3-1-2-4-13(12)19-15(21)9-20-14-7-11(17)6-5-10(14)8-18-20/h1-8H,9,17H2,(H,19,21). The Balaban J connectivity index is 1.80. The fraction of sp³-hybridized carbons (Fsp3) is 0.0667. The monoisotopic (exact) mass is 344 g/mol. The molecule has 0 aliphatic carbocycles. The number of nitrogens with two attached hydrogens (primary N) is 1. The zero-order chi connectivity index (χ0) is 14.8. The van der Waals surface area contributed by atoms with E-state index < -0.39 is 0 Å². The highest BCUT2D eigenvalue weighted by molar-refractivity contribution is 9.10. The molecular formula is C15H13BrN4O. The summed E-state index contributed by atoms with van der Waals surface area (Å²) in [5.74, 6) is -0.144. The van der Waals surface area contributed by atoms with Crippen LogP contribution in [0.5, 0.6) is 0 Å². The number of benzene rings is 2. The number of hydrogen-bond acceptors (Lipinski definition) is 3. The van der Waals surface area contributed by atoms with Crippen LogP contribution in [0, 0.1) is 0 Å². The number of aromatic nitrogens is 2. The quantitative estimate of drug-likeness (QED) is 0.717. The average Bonchev–Trinajstić information content (AvgIpc) is 2.84. The smallest absolute Gasteiger partial charge is 0.246 e. The van der Waals surface area contributed by atoms with Crippen LogP contribution in [0.25, 0.3) is 10.9 Å². The number of hydrogen-bond donors (Lipinski definition) is 2. The zero-order valence-corrected chi connectivity index (χ0v) is 12.7. The van der Waals surface area contributed by atoms with E-state index >= 15 is 0 Å². The van der Waals surface area contributed by atoms with Crippen molar-refractivity contribution in [3.63, 3.8) is 0 Å². The van der Waals surface area contributed by atoms with Crippen LogP contribution in [0.1, 0.15) is 0 Å². The summed E-state index contributed by atoms with van der Waals surface area (Å²) in [6.45, 7) is 0.133. The molecule has 21 heavy (non-hydrogen) atoms. The summed E-state index contributed by atoms with van der Waals surface area (Å²) < 4.78 is 2.48. The number of nitrogens with zero attached hydrogens (tertiary/aromatic N) is 2. The molecule has 3 N–H and O–H groups in total. The van der Waals surface area contributed by atoms with Crippen LogP contribution >= 0.6 is 15.9 Å². The van der Waals surface area contributed by atoms with Gasteiger partial charge in [0.2, 0.25) is 5.91 Å². The number of amides is 1. The van der Waals surface area contributed by atoms with E-state index in [-0.39, 0.29) is 12.5 Å². The van der Waals surface area contributed by atoms with Crippen LogP contribution in [-0.4, -0.2) is 15.7 Å². The minimum atomic E-state index is -0.144. The summed E-state index contributed by atoms with van der Waals surface area (Å²) in [6.07, 6.45) is 1.72. The van der Waals surface area contributed by atoms with Gasteiger partial charge in [-0.15, -0.1) is 0 Å². The van der Waals surface area contributed by atoms with Crippen molar-refractivity contribution in [3.8, 4) is 0 Å². The van der Waals surface area contributed by atoms with E-state index in [2.05, 4.69) is 26.3 Å². The van der Waals surface area contributed by atoms with Gasteiger partial charge in [-0.3, -0.25) is 9.48 Å². The SMILES string of the molecule is Nc1ccc2cnn(CC(=O)Nc3ccccc3Br)c2c1. The normalized spacial score (nSPS) is 10.7. The lowest BCUT2D eigenvalue weighted by Crippen LogP contribution is -2.19. The van der Waals surface area contributed by atoms with Gasteiger partial charge >= 0.3 is 0 Å². The van der Waals surface area contributed by atoms with Gasteiger partial charge in [0.05, 0.1) is 17.4 Å². The maximum absolute atomic E-state index is 12.1. The first-order valence-electron chi connectivity index (χ1n) is 6.39. The maximum Gasteiger partial charge on any atom is 0.246 e. The van der Waals surface area contributed by atoms with Gasteiger partial charge in [0.25, 0.3) is 0 Å². The van der Waals surface area contributed by atoms with E-state index in [1.807, 2.05) is 42.5 Å². The third kappa shape index (κ3) is 2.90. The zero-order valence-electron chi connectivity index (χ0n) is 11.1. The molecule has 0 spiro atoms. The molecule has 0 atom stereocenters. The van der Waals surface area contributed by atoms with Gasteiger partial charge in [-0.25, -0.2) is 0 Å². The number of fused-ring (bicyclic) bond motifs is 1. The molecule has 0 saturated heterocycles. The van der Waals surface area contributed by atoms with Crippen molar-refractivity contribution in [2.75, 3.05) is 11.1 Å². The van der Waals surface area contributed by atoms with Crippen molar-refractivity contribution < 1.29 is 4.79 Å². The highest BCUT2D eigenvalue weighted by Crippen LogP contribution is 2.21. The van der Waals surface area contributed by atoms with Crippen molar-refractivity contribution in [2.45, 2.75) is 6.54 Å². The van der Waals surface area contributed by atoms with E-state index in [9.17, 15) is 4.79 Å². The molecule has 1 heterocycles. The van der Waals surface area contributed by atoms with Crippen LogP contribution in [-0.2, 0) is 11.3 Å². The molecular weight excluding hydrogens is 332 g/mol. The maximum atomic E-state index is 12.1. The highest BCUT2D eigenvalue weighted by atomic mass is 79.9. The molecule has 0 unspecified atom stereocenters. The predicted molar refractivity (Wildman–Crippen MR) is 86.9 cm³/mol. The Morgan fingerprint density at radius 2 is 2.10 bits per heavy atom. The minimum absolute atomic E-state index is 0.133. The van der Waals surface area contributed by atoms with Gasteiger partial charge in [-0.05, 0) is 46.3 Å². The van der Waals surface area contributed by atoms with E-state index in [1.54, 1.807) is 10.9 Å². The van der Waals surface area contributed by atoms with Gasteiger partial charge < -0.3 is 11.1 Å².